The highest BCUT2D eigenvalue weighted by Gasteiger charge is 2.21. The molecule has 1 aromatic heterocycles. The van der Waals surface area contributed by atoms with Crippen LogP contribution in [0.2, 0.25) is 0 Å². The van der Waals surface area contributed by atoms with Gasteiger partial charge in [-0.2, -0.15) is 13.8 Å². The Balaban J connectivity index is 1.21. The lowest BCUT2D eigenvalue weighted by molar-refractivity contribution is -0.117. The molecule has 1 aliphatic heterocycles. The van der Waals surface area contributed by atoms with Crippen molar-refractivity contribution >= 4 is 11.6 Å². The lowest BCUT2D eigenvalue weighted by Gasteiger charge is -2.33. The number of anilines is 1. The van der Waals surface area contributed by atoms with Gasteiger partial charge in [-0.05, 0) is 36.8 Å². The minimum atomic E-state index is -2.88. The van der Waals surface area contributed by atoms with E-state index in [2.05, 4.69) is 30.0 Å². The summed E-state index contributed by atoms with van der Waals surface area (Å²) in [6.07, 6.45) is 0. The smallest absolute Gasteiger partial charge is 0.387 e. The lowest BCUT2D eigenvalue weighted by atomic mass is 10.1. The van der Waals surface area contributed by atoms with Crippen molar-refractivity contribution in [1.82, 2.24) is 19.9 Å². The molecule has 0 saturated carbocycles. The van der Waals surface area contributed by atoms with Crippen molar-refractivity contribution in [3.05, 3.63) is 60.0 Å². The van der Waals surface area contributed by atoms with Gasteiger partial charge in [-0.1, -0.05) is 29.4 Å². The maximum absolute atomic E-state index is 12.3. The second kappa shape index (κ2) is 10.5. The number of aromatic nitrogens is 2. The Bertz CT molecular complexity index is 1070. The summed E-state index contributed by atoms with van der Waals surface area (Å²) in [6.45, 7) is 2.95. The normalized spacial score (nSPS) is 15.0. The van der Waals surface area contributed by atoms with Crippen LogP contribution in [0.3, 0.4) is 0 Å². The number of halogens is 2. The summed E-state index contributed by atoms with van der Waals surface area (Å²) in [4.78, 5) is 21.1. The Labute approximate surface area is 190 Å². The van der Waals surface area contributed by atoms with E-state index in [1.54, 1.807) is 0 Å². The van der Waals surface area contributed by atoms with Crippen molar-refractivity contribution in [2.75, 3.05) is 38.0 Å². The van der Waals surface area contributed by atoms with E-state index in [1.807, 2.05) is 31.2 Å². The third-order valence-corrected chi connectivity index (χ3v) is 5.41. The number of amides is 1. The summed E-state index contributed by atoms with van der Waals surface area (Å²) in [5.41, 5.74) is 2.58. The molecule has 0 radical (unpaired) electrons. The largest absolute Gasteiger partial charge is 0.435 e. The predicted molar refractivity (Wildman–Crippen MR) is 118 cm³/mol. The van der Waals surface area contributed by atoms with Gasteiger partial charge in [0.25, 0.3) is 0 Å². The quantitative estimate of drug-likeness (QED) is 0.555. The molecule has 174 valence electrons. The zero-order valence-corrected chi connectivity index (χ0v) is 18.2. The van der Waals surface area contributed by atoms with Crippen LogP contribution in [0.25, 0.3) is 11.4 Å². The maximum atomic E-state index is 12.3. The monoisotopic (exact) mass is 457 g/mol. The van der Waals surface area contributed by atoms with E-state index in [0.29, 0.717) is 23.9 Å². The standard InChI is InChI=1S/C23H25F2N5O3/c1-16-4-2-3-5-19(16)22-27-21(33-28-22)15-30-12-10-29(11-13-30)14-20(31)26-17-6-8-18(9-7-17)32-23(24)25/h2-9,23H,10-15H2,1H3,(H,26,31). The molecular weight excluding hydrogens is 432 g/mol. The number of benzene rings is 2. The summed E-state index contributed by atoms with van der Waals surface area (Å²) in [5.74, 6) is 1.04. The van der Waals surface area contributed by atoms with Gasteiger partial charge in [-0.25, -0.2) is 0 Å². The van der Waals surface area contributed by atoms with E-state index in [0.717, 1.165) is 37.3 Å². The van der Waals surface area contributed by atoms with Crippen molar-refractivity contribution in [1.29, 1.82) is 0 Å². The van der Waals surface area contributed by atoms with Crippen LogP contribution in [-0.2, 0) is 11.3 Å². The molecule has 1 saturated heterocycles. The molecule has 0 bridgehead atoms. The van der Waals surface area contributed by atoms with Gasteiger partial charge < -0.3 is 14.6 Å². The summed E-state index contributed by atoms with van der Waals surface area (Å²) >= 11 is 0. The number of piperazine rings is 1. The van der Waals surface area contributed by atoms with Gasteiger partial charge >= 0.3 is 6.61 Å². The molecule has 1 fully saturated rings. The summed E-state index contributed by atoms with van der Waals surface area (Å²) < 4.78 is 34.2. The van der Waals surface area contributed by atoms with Gasteiger partial charge in [0.05, 0.1) is 13.1 Å². The highest BCUT2D eigenvalue weighted by Crippen LogP contribution is 2.21. The van der Waals surface area contributed by atoms with Crippen LogP contribution in [-0.4, -0.2) is 65.2 Å². The number of ether oxygens (including phenoxy) is 1. The fourth-order valence-electron chi connectivity index (χ4n) is 3.67. The van der Waals surface area contributed by atoms with Crippen molar-refractivity contribution in [2.24, 2.45) is 0 Å². The highest BCUT2D eigenvalue weighted by atomic mass is 19.3. The van der Waals surface area contributed by atoms with Crippen molar-refractivity contribution in [3.63, 3.8) is 0 Å². The molecule has 2 heterocycles. The molecule has 1 aliphatic rings. The first-order chi connectivity index (χ1) is 16.0. The zero-order chi connectivity index (χ0) is 23.2. The van der Waals surface area contributed by atoms with Gasteiger partial charge in [0.1, 0.15) is 5.75 Å². The van der Waals surface area contributed by atoms with E-state index in [1.165, 1.54) is 24.3 Å². The first-order valence-corrected chi connectivity index (χ1v) is 10.6. The second-order valence-corrected chi connectivity index (χ2v) is 7.83. The first kappa shape index (κ1) is 22.8. The number of hydrogen-bond acceptors (Lipinski definition) is 7. The molecular formula is C23H25F2N5O3. The van der Waals surface area contributed by atoms with Gasteiger partial charge in [0, 0.05) is 37.4 Å². The van der Waals surface area contributed by atoms with Crippen LogP contribution in [0.1, 0.15) is 11.5 Å². The molecule has 1 amide bonds. The molecule has 8 nitrogen and oxygen atoms in total. The minimum Gasteiger partial charge on any atom is -0.435 e. The summed E-state index contributed by atoms with van der Waals surface area (Å²) in [7, 11) is 0. The number of rotatable bonds is 8. The molecule has 33 heavy (non-hydrogen) atoms. The Morgan fingerprint density at radius 3 is 2.48 bits per heavy atom. The Morgan fingerprint density at radius 1 is 1.09 bits per heavy atom. The van der Waals surface area contributed by atoms with E-state index in [9.17, 15) is 13.6 Å². The van der Waals surface area contributed by atoms with Gasteiger partial charge in [0.15, 0.2) is 0 Å². The molecule has 10 heteroatoms. The zero-order valence-electron chi connectivity index (χ0n) is 18.2. The Hall–Kier alpha value is -3.37. The van der Waals surface area contributed by atoms with E-state index in [4.69, 9.17) is 4.52 Å². The Kier molecular flexibility index (Phi) is 7.26. The van der Waals surface area contributed by atoms with E-state index < -0.39 is 6.61 Å². The topological polar surface area (TPSA) is 83.7 Å². The molecule has 4 rings (SSSR count). The third-order valence-electron chi connectivity index (χ3n) is 5.41. The average Bonchev–Trinajstić information content (AvgIpc) is 3.24. The lowest BCUT2D eigenvalue weighted by Crippen LogP contribution is -2.48. The molecule has 1 N–H and O–H groups in total. The van der Waals surface area contributed by atoms with Crippen molar-refractivity contribution in [2.45, 2.75) is 20.1 Å². The number of hydrogen-bond donors (Lipinski definition) is 1. The SMILES string of the molecule is Cc1ccccc1-c1noc(CN2CCN(CC(=O)Nc3ccc(OC(F)F)cc3)CC2)n1. The number of nitrogens with one attached hydrogen (secondary N) is 1. The minimum absolute atomic E-state index is 0.0476. The van der Waals surface area contributed by atoms with Gasteiger partial charge in [-0.3, -0.25) is 14.6 Å². The molecule has 3 aromatic rings. The molecule has 0 spiro atoms. The summed E-state index contributed by atoms with van der Waals surface area (Å²) in [5, 5.41) is 6.88. The molecule has 0 aliphatic carbocycles. The Morgan fingerprint density at radius 2 is 1.79 bits per heavy atom. The van der Waals surface area contributed by atoms with E-state index >= 15 is 0 Å². The predicted octanol–water partition coefficient (Wildman–Crippen LogP) is 3.40. The van der Waals surface area contributed by atoms with Crippen LogP contribution >= 0.6 is 0 Å². The van der Waals surface area contributed by atoms with Crippen molar-refractivity contribution < 1.29 is 22.8 Å². The number of alkyl halides is 2. The van der Waals surface area contributed by atoms with Gasteiger partial charge in [0.2, 0.25) is 17.6 Å². The molecule has 2 aromatic carbocycles. The van der Waals surface area contributed by atoms with Crippen LogP contribution < -0.4 is 10.1 Å². The number of carbonyl (C=O) groups excluding carboxylic acids is 1. The summed E-state index contributed by atoms with van der Waals surface area (Å²) in [6, 6.07) is 13.8. The fourth-order valence-corrected chi connectivity index (χ4v) is 3.67. The maximum Gasteiger partial charge on any atom is 0.387 e. The number of carbonyl (C=O) groups is 1. The first-order valence-electron chi connectivity index (χ1n) is 10.6. The van der Waals surface area contributed by atoms with Crippen molar-refractivity contribution in [3.8, 4) is 17.1 Å². The third kappa shape index (κ3) is 6.33. The second-order valence-electron chi connectivity index (χ2n) is 7.83. The average molecular weight is 457 g/mol. The van der Waals surface area contributed by atoms with Crippen LogP contribution in [0.15, 0.2) is 53.1 Å². The molecule has 0 atom stereocenters. The van der Waals surface area contributed by atoms with E-state index in [-0.39, 0.29) is 18.2 Å². The van der Waals surface area contributed by atoms with Crippen LogP contribution in [0.5, 0.6) is 5.75 Å². The number of nitrogens with zero attached hydrogens (tertiary/aromatic N) is 4. The fraction of sp³-hybridized carbons (Fsp3) is 0.348. The number of aryl methyl sites for hydroxylation is 1. The molecule has 0 unspecified atom stereocenters. The highest BCUT2D eigenvalue weighted by molar-refractivity contribution is 5.92. The van der Waals surface area contributed by atoms with Crippen LogP contribution in [0.4, 0.5) is 14.5 Å². The van der Waals surface area contributed by atoms with Crippen LogP contribution in [0, 0.1) is 6.92 Å². The van der Waals surface area contributed by atoms with Gasteiger partial charge in [-0.15, -0.1) is 0 Å².